The number of thiazole rings is 1. The molecule has 1 saturated carbocycles. The second-order valence-electron chi connectivity index (χ2n) is 10.5. The van der Waals surface area contributed by atoms with Crippen molar-refractivity contribution in [3.05, 3.63) is 42.0 Å². The number of amides is 1. The summed E-state index contributed by atoms with van der Waals surface area (Å²) in [5.74, 6) is 0.437. The van der Waals surface area contributed by atoms with E-state index in [1.807, 2.05) is 32.2 Å². The van der Waals surface area contributed by atoms with Crippen molar-refractivity contribution in [2.24, 2.45) is 5.92 Å². The van der Waals surface area contributed by atoms with E-state index in [2.05, 4.69) is 20.2 Å². The normalized spacial score (nSPS) is 19.6. The lowest BCUT2D eigenvalue weighted by atomic mass is 9.87. The standard InChI is InChI=1S/C28H37N5O4S2/c1-4-33(25-10-7-17-32(25)2)39(35,36)21-13-11-20(12-14-21)22(18-19-8-5-6-9-19)26(34)31-28-29-23-15-16-24(37-3)30-27(23)38-28/h11-16,19,22,25H,4-10,17-18H2,1-3H3,(H,29,31,34). The lowest BCUT2D eigenvalue weighted by Crippen LogP contribution is -2.46. The highest BCUT2D eigenvalue weighted by molar-refractivity contribution is 7.89. The van der Waals surface area contributed by atoms with Crippen molar-refractivity contribution in [2.45, 2.75) is 68.8 Å². The van der Waals surface area contributed by atoms with Gasteiger partial charge in [0.15, 0.2) is 5.13 Å². The number of rotatable bonds is 10. The van der Waals surface area contributed by atoms with Crippen molar-refractivity contribution >= 4 is 42.7 Å². The number of hydrogen-bond acceptors (Lipinski definition) is 8. The molecule has 2 aromatic heterocycles. The summed E-state index contributed by atoms with van der Waals surface area (Å²) in [6.07, 6.45) is 7.02. The van der Waals surface area contributed by atoms with E-state index in [0.29, 0.717) is 33.8 Å². The average molecular weight is 572 g/mol. The molecule has 11 heteroatoms. The molecule has 0 bridgehead atoms. The Morgan fingerprint density at radius 1 is 1.13 bits per heavy atom. The number of pyridine rings is 1. The molecule has 210 valence electrons. The van der Waals surface area contributed by atoms with Gasteiger partial charge in [-0.2, -0.15) is 4.31 Å². The number of fused-ring (bicyclic) bond motifs is 1. The Kier molecular flexibility index (Phi) is 8.51. The zero-order chi connectivity index (χ0) is 27.6. The molecule has 1 aliphatic carbocycles. The van der Waals surface area contributed by atoms with Crippen LogP contribution in [-0.2, 0) is 14.8 Å². The molecule has 2 aliphatic rings. The third-order valence-corrected chi connectivity index (χ3v) is 10.9. The van der Waals surface area contributed by atoms with E-state index in [0.717, 1.165) is 44.2 Å². The van der Waals surface area contributed by atoms with E-state index in [-0.39, 0.29) is 17.0 Å². The number of sulfonamides is 1. The number of ether oxygens (including phenoxy) is 1. The van der Waals surface area contributed by atoms with Gasteiger partial charge in [0, 0.05) is 12.6 Å². The molecule has 5 rings (SSSR count). The second kappa shape index (κ2) is 11.9. The van der Waals surface area contributed by atoms with Crippen LogP contribution in [-0.4, -0.2) is 66.9 Å². The van der Waals surface area contributed by atoms with E-state index in [1.165, 1.54) is 24.2 Å². The molecule has 3 heterocycles. The topological polar surface area (TPSA) is 105 Å². The Morgan fingerprint density at radius 3 is 2.51 bits per heavy atom. The maximum Gasteiger partial charge on any atom is 0.244 e. The van der Waals surface area contributed by atoms with Crippen molar-refractivity contribution in [3.63, 3.8) is 0 Å². The van der Waals surface area contributed by atoms with E-state index >= 15 is 0 Å². The number of carbonyl (C=O) groups is 1. The summed E-state index contributed by atoms with van der Waals surface area (Å²) < 4.78 is 33.9. The van der Waals surface area contributed by atoms with Crippen molar-refractivity contribution in [3.8, 4) is 5.88 Å². The molecular weight excluding hydrogens is 534 g/mol. The number of benzene rings is 1. The Balaban J connectivity index is 1.38. The molecule has 9 nitrogen and oxygen atoms in total. The minimum Gasteiger partial charge on any atom is -0.481 e. The monoisotopic (exact) mass is 571 g/mol. The number of carbonyl (C=O) groups excluding carboxylic acids is 1. The van der Waals surface area contributed by atoms with Crippen LogP contribution in [0.25, 0.3) is 10.3 Å². The average Bonchev–Trinajstić information content (AvgIpc) is 3.69. The molecule has 1 amide bonds. The fourth-order valence-corrected chi connectivity index (χ4v) is 8.45. The van der Waals surface area contributed by atoms with Gasteiger partial charge < -0.3 is 10.1 Å². The quantitative estimate of drug-likeness (QED) is 0.362. The molecule has 1 N–H and O–H groups in total. The minimum absolute atomic E-state index is 0.121. The highest BCUT2D eigenvalue weighted by Gasteiger charge is 2.35. The number of anilines is 1. The fourth-order valence-electron chi connectivity index (χ4n) is 5.94. The number of hydrogen-bond donors (Lipinski definition) is 1. The van der Waals surface area contributed by atoms with Crippen LogP contribution in [0.15, 0.2) is 41.3 Å². The highest BCUT2D eigenvalue weighted by atomic mass is 32.2. The van der Waals surface area contributed by atoms with Crippen LogP contribution in [0.5, 0.6) is 5.88 Å². The van der Waals surface area contributed by atoms with Gasteiger partial charge >= 0.3 is 0 Å². The Hall–Kier alpha value is -2.60. The molecule has 1 aliphatic heterocycles. The van der Waals surface area contributed by atoms with Crippen LogP contribution in [0.1, 0.15) is 63.4 Å². The first-order chi connectivity index (χ1) is 18.8. The number of nitrogens with zero attached hydrogens (tertiary/aromatic N) is 4. The summed E-state index contributed by atoms with van der Waals surface area (Å²) >= 11 is 1.31. The maximum atomic E-state index is 13.6. The zero-order valence-electron chi connectivity index (χ0n) is 22.8. The second-order valence-corrected chi connectivity index (χ2v) is 13.4. The van der Waals surface area contributed by atoms with Gasteiger partial charge in [0.25, 0.3) is 0 Å². The van der Waals surface area contributed by atoms with Crippen LogP contribution < -0.4 is 10.1 Å². The summed E-state index contributed by atoms with van der Waals surface area (Å²) in [6.45, 7) is 3.19. The van der Waals surface area contributed by atoms with Crippen molar-refractivity contribution in [1.82, 2.24) is 19.2 Å². The molecule has 39 heavy (non-hydrogen) atoms. The van der Waals surface area contributed by atoms with E-state index in [4.69, 9.17) is 4.74 Å². The van der Waals surface area contributed by atoms with Crippen LogP contribution in [0, 0.1) is 5.92 Å². The van der Waals surface area contributed by atoms with E-state index in [9.17, 15) is 13.2 Å². The van der Waals surface area contributed by atoms with Crippen LogP contribution >= 0.6 is 11.3 Å². The number of aromatic nitrogens is 2. The van der Waals surface area contributed by atoms with Crippen molar-refractivity contribution in [2.75, 3.05) is 32.6 Å². The zero-order valence-corrected chi connectivity index (χ0v) is 24.4. The van der Waals surface area contributed by atoms with Gasteiger partial charge in [-0.1, -0.05) is 56.1 Å². The molecule has 2 unspecified atom stereocenters. The Bertz CT molecular complexity index is 1400. The molecule has 0 radical (unpaired) electrons. The summed E-state index contributed by atoms with van der Waals surface area (Å²) in [5.41, 5.74) is 1.52. The van der Waals surface area contributed by atoms with Crippen LogP contribution in [0.4, 0.5) is 5.13 Å². The molecule has 1 aromatic carbocycles. The van der Waals surface area contributed by atoms with Gasteiger partial charge in [0.2, 0.25) is 21.8 Å². The summed E-state index contributed by atoms with van der Waals surface area (Å²) in [6, 6.07) is 10.5. The van der Waals surface area contributed by atoms with Gasteiger partial charge in [-0.15, -0.1) is 0 Å². The fraction of sp³-hybridized carbons (Fsp3) is 0.536. The summed E-state index contributed by atoms with van der Waals surface area (Å²) in [5, 5.41) is 3.50. The third kappa shape index (κ3) is 5.96. The minimum atomic E-state index is -3.66. The van der Waals surface area contributed by atoms with Crippen molar-refractivity contribution < 1.29 is 17.9 Å². The van der Waals surface area contributed by atoms with Crippen LogP contribution in [0.2, 0.25) is 0 Å². The molecule has 2 fully saturated rings. The molecule has 0 spiro atoms. The van der Waals surface area contributed by atoms with Gasteiger partial charge in [0.05, 0.1) is 24.1 Å². The van der Waals surface area contributed by atoms with E-state index in [1.54, 1.807) is 29.6 Å². The van der Waals surface area contributed by atoms with Gasteiger partial charge in [-0.3, -0.25) is 9.69 Å². The third-order valence-electron chi connectivity index (χ3n) is 8.04. The predicted octanol–water partition coefficient (Wildman–Crippen LogP) is 5.06. The smallest absolute Gasteiger partial charge is 0.244 e. The highest BCUT2D eigenvalue weighted by Crippen LogP contribution is 2.36. The Labute approximate surface area is 234 Å². The molecule has 3 aromatic rings. The number of nitrogens with one attached hydrogen (secondary N) is 1. The largest absolute Gasteiger partial charge is 0.481 e. The van der Waals surface area contributed by atoms with Gasteiger partial charge in [-0.05, 0) is 62.5 Å². The first-order valence-electron chi connectivity index (χ1n) is 13.7. The predicted molar refractivity (Wildman–Crippen MR) is 154 cm³/mol. The first-order valence-corrected chi connectivity index (χ1v) is 16.0. The van der Waals surface area contributed by atoms with Crippen molar-refractivity contribution in [1.29, 1.82) is 0 Å². The maximum absolute atomic E-state index is 13.6. The molecule has 1 saturated heterocycles. The number of likely N-dealkylation sites (tertiary alicyclic amines) is 1. The molecular formula is C28H37N5O4S2. The Morgan fingerprint density at radius 2 is 1.87 bits per heavy atom. The molecule has 2 atom stereocenters. The lowest BCUT2D eigenvalue weighted by Gasteiger charge is -2.31. The van der Waals surface area contributed by atoms with Crippen LogP contribution in [0.3, 0.4) is 0 Å². The van der Waals surface area contributed by atoms with Gasteiger partial charge in [0.1, 0.15) is 10.3 Å². The van der Waals surface area contributed by atoms with Gasteiger partial charge in [-0.25, -0.2) is 18.4 Å². The lowest BCUT2D eigenvalue weighted by molar-refractivity contribution is -0.118. The summed E-state index contributed by atoms with van der Waals surface area (Å²) in [4.78, 5) is 25.6. The van der Waals surface area contributed by atoms with E-state index < -0.39 is 15.9 Å². The first kappa shape index (κ1) is 27.9. The SMILES string of the molecule is CCN(C1CCCN1C)S(=O)(=O)c1ccc(C(CC2CCCC2)C(=O)Nc2nc3ccc(OC)nc3s2)cc1. The summed E-state index contributed by atoms with van der Waals surface area (Å²) in [7, 11) is -0.116. The number of methoxy groups -OCH3 is 1.